The Labute approximate surface area is 113 Å². The average molecular weight is 265 g/mol. The van der Waals surface area contributed by atoms with E-state index < -0.39 is 5.54 Å². The lowest BCUT2D eigenvalue weighted by Crippen LogP contribution is -2.34. The van der Waals surface area contributed by atoms with Crippen LogP contribution in [0, 0.1) is 0 Å². The van der Waals surface area contributed by atoms with Gasteiger partial charge in [-0.25, -0.2) is 4.68 Å². The summed E-state index contributed by atoms with van der Waals surface area (Å²) in [4.78, 5) is 14.1. The summed E-state index contributed by atoms with van der Waals surface area (Å²) >= 11 is 0. The molecule has 0 spiro atoms. The van der Waals surface area contributed by atoms with Crippen LogP contribution in [0.5, 0.6) is 0 Å². The van der Waals surface area contributed by atoms with Crippen molar-refractivity contribution in [1.82, 2.24) is 19.9 Å². The van der Waals surface area contributed by atoms with E-state index in [1.165, 1.54) is 12.8 Å². The molecule has 2 N–H and O–H groups in total. The molecule has 1 aliphatic heterocycles. The Bertz CT molecular complexity index is 426. The van der Waals surface area contributed by atoms with Gasteiger partial charge in [0.1, 0.15) is 12.2 Å². The first-order valence-electron chi connectivity index (χ1n) is 6.94. The Hall–Kier alpha value is -1.43. The lowest BCUT2D eigenvalue weighted by Gasteiger charge is -2.20. The van der Waals surface area contributed by atoms with Crippen LogP contribution in [0.25, 0.3) is 0 Å². The van der Waals surface area contributed by atoms with Gasteiger partial charge in [-0.05, 0) is 26.7 Å². The first kappa shape index (κ1) is 14.0. The molecule has 0 saturated carbocycles. The average Bonchev–Trinajstić information content (AvgIpc) is 2.63. The lowest BCUT2D eigenvalue weighted by atomic mass is 10.0. The van der Waals surface area contributed by atoms with Gasteiger partial charge in [0.15, 0.2) is 0 Å². The number of hydrogen-bond donors (Lipinski definition) is 1. The van der Waals surface area contributed by atoms with Crippen LogP contribution in [0.2, 0.25) is 0 Å². The minimum absolute atomic E-state index is 0.119. The standard InChI is InChI=1S/C13H23N5O/c1-13(2,14)11-9-18(16-15-11)10-12(19)17-7-5-3-4-6-8-17/h9H,3-8,10,14H2,1-2H3. The normalized spacial score (nSPS) is 17.3. The molecule has 1 aliphatic rings. The van der Waals surface area contributed by atoms with E-state index in [0.29, 0.717) is 5.69 Å². The highest BCUT2D eigenvalue weighted by Gasteiger charge is 2.20. The fourth-order valence-electron chi connectivity index (χ4n) is 2.23. The van der Waals surface area contributed by atoms with Gasteiger partial charge < -0.3 is 10.6 Å². The number of hydrogen-bond acceptors (Lipinski definition) is 4. The van der Waals surface area contributed by atoms with E-state index in [9.17, 15) is 4.79 Å². The van der Waals surface area contributed by atoms with Gasteiger partial charge in [0.25, 0.3) is 0 Å². The molecule has 0 aliphatic carbocycles. The second-order valence-corrected chi connectivity index (χ2v) is 5.82. The zero-order valence-electron chi connectivity index (χ0n) is 11.8. The molecule has 0 unspecified atom stereocenters. The number of aromatic nitrogens is 3. The number of carbonyl (C=O) groups is 1. The van der Waals surface area contributed by atoms with Crippen LogP contribution in [0.4, 0.5) is 0 Å². The van der Waals surface area contributed by atoms with Crippen molar-refractivity contribution < 1.29 is 4.79 Å². The third kappa shape index (κ3) is 3.76. The summed E-state index contributed by atoms with van der Waals surface area (Å²) < 4.78 is 1.58. The molecule has 2 heterocycles. The Morgan fingerprint density at radius 2 is 1.95 bits per heavy atom. The summed E-state index contributed by atoms with van der Waals surface area (Å²) in [7, 11) is 0. The van der Waals surface area contributed by atoms with Gasteiger partial charge in [0.05, 0.1) is 11.7 Å². The quantitative estimate of drug-likeness (QED) is 0.880. The molecule has 106 valence electrons. The van der Waals surface area contributed by atoms with Gasteiger partial charge in [-0.1, -0.05) is 18.1 Å². The van der Waals surface area contributed by atoms with Crippen molar-refractivity contribution in [3.05, 3.63) is 11.9 Å². The zero-order valence-corrected chi connectivity index (χ0v) is 11.8. The van der Waals surface area contributed by atoms with E-state index in [1.54, 1.807) is 10.9 Å². The molecule has 0 atom stereocenters. The second-order valence-electron chi connectivity index (χ2n) is 5.82. The molecule has 1 fully saturated rings. The van der Waals surface area contributed by atoms with E-state index >= 15 is 0 Å². The molecular formula is C13H23N5O. The molecule has 0 bridgehead atoms. The van der Waals surface area contributed by atoms with Crippen molar-refractivity contribution in [2.24, 2.45) is 5.73 Å². The van der Waals surface area contributed by atoms with Crippen LogP contribution < -0.4 is 5.73 Å². The predicted octanol–water partition coefficient (Wildman–Crippen LogP) is 0.874. The number of nitrogens with two attached hydrogens (primary N) is 1. The fourth-order valence-corrected chi connectivity index (χ4v) is 2.23. The highest BCUT2D eigenvalue weighted by Crippen LogP contribution is 2.13. The number of likely N-dealkylation sites (tertiary alicyclic amines) is 1. The molecule has 19 heavy (non-hydrogen) atoms. The highest BCUT2D eigenvalue weighted by atomic mass is 16.2. The van der Waals surface area contributed by atoms with Gasteiger partial charge in [0.2, 0.25) is 5.91 Å². The smallest absolute Gasteiger partial charge is 0.244 e. The number of rotatable bonds is 3. The van der Waals surface area contributed by atoms with E-state index in [4.69, 9.17) is 5.73 Å². The van der Waals surface area contributed by atoms with Crippen molar-refractivity contribution in [3.63, 3.8) is 0 Å². The molecule has 2 rings (SSSR count). The van der Waals surface area contributed by atoms with Gasteiger partial charge in [-0.2, -0.15) is 0 Å². The summed E-state index contributed by atoms with van der Waals surface area (Å²) in [5.74, 6) is 0.119. The van der Waals surface area contributed by atoms with Crippen molar-refractivity contribution in [3.8, 4) is 0 Å². The molecule has 1 saturated heterocycles. The Balaban J connectivity index is 1.96. The molecule has 1 aromatic rings. The largest absolute Gasteiger partial charge is 0.341 e. The van der Waals surface area contributed by atoms with Gasteiger partial charge >= 0.3 is 0 Å². The molecule has 6 nitrogen and oxygen atoms in total. The van der Waals surface area contributed by atoms with Crippen LogP contribution in [-0.4, -0.2) is 38.9 Å². The molecule has 0 aromatic carbocycles. The van der Waals surface area contributed by atoms with E-state index in [2.05, 4.69) is 10.3 Å². The topological polar surface area (TPSA) is 77.0 Å². The molecule has 0 radical (unpaired) electrons. The van der Waals surface area contributed by atoms with E-state index in [-0.39, 0.29) is 12.5 Å². The van der Waals surface area contributed by atoms with Crippen LogP contribution in [0.1, 0.15) is 45.2 Å². The first-order chi connectivity index (χ1) is 8.97. The molecule has 1 aromatic heterocycles. The summed E-state index contributed by atoms with van der Waals surface area (Å²) in [6.07, 6.45) is 6.40. The second kappa shape index (κ2) is 5.69. The maximum atomic E-state index is 12.2. The van der Waals surface area contributed by atoms with E-state index in [1.807, 2.05) is 18.7 Å². The summed E-state index contributed by atoms with van der Waals surface area (Å²) in [6, 6.07) is 0. The van der Waals surface area contributed by atoms with Crippen molar-refractivity contribution in [1.29, 1.82) is 0 Å². The van der Waals surface area contributed by atoms with Gasteiger partial charge in [0, 0.05) is 13.1 Å². The monoisotopic (exact) mass is 265 g/mol. The Morgan fingerprint density at radius 1 is 1.32 bits per heavy atom. The third-order valence-electron chi connectivity index (χ3n) is 3.45. The van der Waals surface area contributed by atoms with Crippen LogP contribution in [0.3, 0.4) is 0 Å². The molecule has 6 heteroatoms. The molecular weight excluding hydrogens is 242 g/mol. The van der Waals surface area contributed by atoms with Crippen molar-refractivity contribution >= 4 is 5.91 Å². The Kier molecular flexibility index (Phi) is 4.19. The Morgan fingerprint density at radius 3 is 2.47 bits per heavy atom. The maximum absolute atomic E-state index is 12.2. The third-order valence-corrected chi connectivity index (χ3v) is 3.45. The fraction of sp³-hybridized carbons (Fsp3) is 0.769. The van der Waals surface area contributed by atoms with Crippen molar-refractivity contribution in [2.45, 2.75) is 51.6 Å². The zero-order chi connectivity index (χ0) is 13.9. The number of carbonyl (C=O) groups excluding carboxylic acids is 1. The maximum Gasteiger partial charge on any atom is 0.244 e. The van der Waals surface area contributed by atoms with E-state index in [0.717, 1.165) is 25.9 Å². The summed E-state index contributed by atoms with van der Waals surface area (Å²) in [5.41, 5.74) is 6.13. The number of amides is 1. The minimum atomic E-state index is -0.524. The summed E-state index contributed by atoms with van der Waals surface area (Å²) in [5, 5.41) is 8.00. The lowest BCUT2D eigenvalue weighted by molar-refractivity contribution is -0.132. The highest BCUT2D eigenvalue weighted by molar-refractivity contribution is 5.75. The SMILES string of the molecule is CC(C)(N)c1cn(CC(=O)N2CCCCCC2)nn1. The number of nitrogens with zero attached hydrogens (tertiary/aromatic N) is 4. The van der Waals surface area contributed by atoms with Gasteiger partial charge in [-0.15, -0.1) is 5.10 Å². The summed E-state index contributed by atoms with van der Waals surface area (Å²) in [6.45, 7) is 5.73. The minimum Gasteiger partial charge on any atom is -0.341 e. The molecule has 1 amide bonds. The van der Waals surface area contributed by atoms with Crippen molar-refractivity contribution in [2.75, 3.05) is 13.1 Å². The van der Waals surface area contributed by atoms with Crippen LogP contribution >= 0.6 is 0 Å². The van der Waals surface area contributed by atoms with Crippen LogP contribution in [-0.2, 0) is 16.9 Å². The predicted molar refractivity (Wildman–Crippen MR) is 72.3 cm³/mol. The van der Waals surface area contributed by atoms with Gasteiger partial charge in [-0.3, -0.25) is 4.79 Å². The van der Waals surface area contributed by atoms with Crippen LogP contribution in [0.15, 0.2) is 6.20 Å². The first-order valence-corrected chi connectivity index (χ1v) is 6.94.